The molecule has 1 aromatic rings. The SMILES string of the molecule is COc1cccc([C@@H]2COCC2=O)c1. The van der Waals surface area contributed by atoms with Gasteiger partial charge in [-0.25, -0.2) is 0 Å². The van der Waals surface area contributed by atoms with Crippen LogP contribution in [-0.2, 0) is 9.53 Å². The summed E-state index contributed by atoms with van der Waals surface area (Å²) in [6, 6.07) is 7.57. The van der Waals surface area contributed by atoms with Crippen LogP contribution in [0.3, 0.4) is 0 Å². The molecule has 1 aliphatic heterocycles. The maximum Gasteiger partial charge on any atom is 0.168 e. The van der Waals surface area contributed by atoms with Gasteiger partial charge >= 0.3 is 0 Å². The van der Waals surface area contributed by atoms with Crippen LogP contribution in [-0.4, -0.2) is 26.1 Å². The minimum atomic E-state index is -0.106. The molecule has 0 saturated carbocycles. The van der Waals surface area contributed by atoms with E-state index in [-0.39, 0.29) is 18.3 Å². The number of rotatable bonds is 2. The summed E-state index contributed by atoms with van der Waals surface area (Å²) < 4.78 is 10.2. The number of carbonyl (C=O) groups excluding carboxylic acids is 1. The van der Waals surface area contributed by atoms with Crippen LogP contribution in [0.25, 0.3) is 0 Å². The summed E-state index contributed by atoms with van der Waals surface area (Å²) in [5.41, 5.74) is 0.979. The number of ether oxygens (including phenoxy) is 2. The van der Waals surface area contributed by atoms with E-state index in [0.29, 0.717) is 6.61 Å². The van der Waals surface area contributed by atoms with E-state index < -0.39 is 0 Å². The number of hydrogen-bond acceptors (Lipinski definition) is 3. The van der Waals surface area contributed by atoms with Crippen LogP contribution in [0.2, 0.25) is 0 Å². The molecule has 2 rings (SSSR count). The van der Waals surface area contributed by atoms with E-state index in [1.165, 1.54) is 0 Å². The topological polar surface area (TPSA) is 35.5 Å². The molecule has 74 valence electrons. The van der Waals surface area contributed by atoms with Crippen LogP contribution in [0.15, 0.2) is 24.3 Å². The second-order valence-electron chi connectivity index (χ2n) is 3.31. The summed E-state index contributed by atoms with van der Waals surface area (Å²) >= 11 is 0. The maximum atomic E-state index is 11.4. The van der Waals surface area contributed by atoms with Crippen LogP contribution < -0.4 is 4.74 Å². The molecule has 1 aromatic carbocycles. The van der Waals surface area contributed by atoms with Crippen molar-refractivity contribution in [3.05, 3.63) is 29.8 Å². The molecule has 0 aliphatic carbocycles. The highest BCUT2D eigenvalue weighted by Gasteiger charge is 2.26. The molecule has 0 aromatic heterocycles. The largest absolute Gasteiger partial charge is 0.497 e. The molecule has 0 spiro atoms. The minimum absolute atomic E-state index is 0.106. The van der Waals surface area contributed by atoms with Gasteiger partial charge in [-0.1, -0.05) is 12.1 Å². The van der Waals surface area contributed by atoms with Gasteiger partial charge < -0.3 is 9.47 Å². The predicted molar refractivity (Wildman–Crippen MR) is 51.6 cm³/mol. The molecule has 1 fully saturated rings. The molecule has 1 aliphatic rings. The van der Waals surface area contributed by atoms with Crippen molar-refractivity contribution in [1.82, 2.24) is 0 Å². The van der Waals surface area contributed by atoms with Gasteiger partial charge in [0.2, 0.25) is 0 Å². The lowest BCUT2D eigenvalue weighted by Gasteiger charge is -2.08. The third-order valence-electron chi connectivity index (χ3n) is 2.41. The fraction of sp³-hybridized carbons (Fsp3) is 0.364. The Kier molecular flexibility index (Phi) is 2.50. The molecule has 1 saturated heterocycles. The Labute approximate surface area is 82.6 Å². The lowest BCUT2D eigenvalue weighted by Crippen LogP contribution is -2.08. The number of methoxy groups -OCH3 is 1. The second kappa shape index (κ2) is 3.80. The Morgan fingerprint density at radius 1 is 1.50 bits per heavy atom. The molecule has 1 heterocycles. The number of benzene rings is 1. The number of hydrogen-bond donors (Lipinski definition) is 0. The monoisotopic (exact) mass is 192 g/mol. The Morgan fingerprint density at radius 2 is 2.36 bits per heavy atom. The highest BCUT2D eigenvalue weighted by atomic mass is 16.5. The Morgan fingerprint density at radius 3 is 3.00 bits per heavy atom. The molecule has 0 amide bonds. The van der Waals surface area contributed by atoms with Crippen molar-refractivity contribution < 1.29 is 14.3 Å². The van der Waals surface area contributed by atoms with E-state index in [9.17, 15) is 4.79 Å². The molecule has 14 heavy (non-hydrogen) atoms. The van der Waals surface area contributed by atoms with Gasteiger partial charge in [-0.15, -0.1) is 0 Å². The molecular formula is C11H12O3. The van der Waals surface area contributed by atoms with Gasteiger partial charge in [0.05, 0.1) is 19.6 Å². The van der Waals surface area contributed by atoms with Gasteiger partial charge in [-0.05, 0) is 17.7 Å². The Bertz CT molecular complexity index is 346. The van der Waals surface area contributed by atoms with Crippen LogP contribution in [0.1, 0.15) is 11.5 Å². The quantitative estimate of drug-likeness (QED) is 0.710. The van der Waals surface area contributed by atoms with Gasteiger partial charge in [-0.3, -0.25) is 4.79 Å². The zero-order chi connectivity index (χ0) is 9.97. The smallest absolute Gasteiger partial charge is 0.168 e. The first-order valence-corrected chi connectivity index (χ1v) is 4.55. The zero-order valence-corrected chi connectivity index (χ0v) is 8.03. The Hall–Kier alpha value is -1.35. The number of Topliss-reactive ketones (excluding diaryl/α,β-unsaturated/α-hetero) is 1. The average Bonchev–Trinajstić information content (AvgIpc) is 2.65. The summed E-state index contributed by atoms with van der Waals surface area (Å²) in [6.45, 7) is 0.730. The van der Waals surface area contributed by atoms with E-state index >= 15 is 0 Å². The first kappa shape index (κ1) is 9.21. The second-order valence-corrected chi connectivity index (χ2v) is 3.31. The maximum absolute atomic E-state index is 11.4. The van der Waals surface area contributed by atoms with Crippen molar-refractivity contribution >= 4 is 5.78 Å². The van der Waals surface area contributed by atoms with E-state index in [0.717, 1.165) is 11.3 Å². The lowest BCUT2D eigenvalue weighted by atomic mass is 9.97. The molecular weight excluding hydrogens is 180 g/mol. The molecule has 0 bridgehead atoms. The summed E-state index contributed by atoms with van der Waals surface area (Å²) in [6.07, 6.45) is 0. The number of carbonyl (C=O) groups is 1. The van der Waals surface area contributed by atoms with E-state index in [2.05, 4.69) is 0 Å². The predicted octanol–water partition coefficient (Wildman–Crippen LogP) is 1.38. The summed E-state index contributed by atoms with van der Waals surface area (Å²) in [5.74, 6) is 0.825. The average molecular weight is 192 g/mol. The van der Waals surface area contributed by atoms with E-state index in [1.54, 1.807) is 7.11 Å². The molecule has 0 unspecified atom stereocenters. The molecule has 0 radical (unpaired) electrons. The summed E-state index contributed by atoms with van der Waals surface area (Å²) in [5, 5.41) is 0. The van der Waals surface area contributed by atoms with Crippen molar-refractivity contribution in [2.75, 3.05) is 20.3 Å². The standard InChI is InChI=1S/C11H12O3/c1-13-9-4-2-3-8(5-9)10-6-14-7-11(10)12/h2-5,10H,6-7H2,1H3/t10-/m0/s1. The molecule has 3 heteroatoms. The minimum Gasteiger partial charge on any atom is -0.497 e. The normalized spacial score (nSPS) is 21.2. The summed E-state index contributed by atoms with van der Waals surface area (Å²) in [4.78, 5) is 11.4. The Balaban J connectivity index is 2.26. The van der Waals surface area contributed by atoms with E-state index in [4.69, 9.17) is 9.47 Å². The van der Waals surface area contributed by atoms with Crippen LogP contribution in [0, 0.1) is 0 Å². The van der Waals surface area contributed by atoms with Gasteiger partial charge in [0, 0.05) is 0 Å². The van der Waals surface area contributed by atoms with Crippen LogP contribution in [0.4, 0.5) is 0 Å². The zero-order valence-electron chi connectivity index (χ0n) is 8.03. The van der Waals surface area contributed by atoms with Crippen molar-refractivity contribution in [3.63, 3.8) is 0 Å². The third-order valence-corrected chi connectivity index (χ3v) is 2.41. The molecule has 0 N–H and O–H groups in total. The van der Waals surface area contributed by atoms with Crippen molar-refractivity contribution in [2.45, 2.75) is 5.92 Å². The van der Waals surface area contributed by atoms with Gasteiger partial charge in [0.15, 0.2) is 5.78 Å². The number of ketones is 1. The highest BCUT2D eigenvalue weighted by molar-refractivity contribution is 5.88. The summed E-state index contributed by atoms with van der Waals surface area (Å²) in [7, 11) is 1.62. The van der Waals surface area contributed by atoms with E-state index in [1.807, 2.05) is 24.3 Å². The first-order chi connectivity index (χ1) is 6.81. The van der Waals surface area contributed by atoms with Crippen molar-refractivity contribution in [3.8, 4) is 5.75 Å². The van der Waals surface area contributed by atoms with Gasteiger partial charge in [0.1, 0.15) is 12.4 Å². The van der Waals surface area contributed by atoms with Crippen LogP contribution >= 0.6 is 0 Å². The van der Waals surface area contributed by atoms with Crippen molar-refractivity contribution in [1.29, 1.82) is 0 Å². The van der Waals surface area contributed by atoms with Gasteiger partial charge in [0.25, 0.3) is 0 Å². The van der Waals surface area contributed by atoms with Crippen LogP contribution in [0.5, 0.6) is 5.75 Å². The molecule has 1 atom stereocenters. The van der Waals surface area contributed by atoms with Gasteiger partial charge in [-0.2, -0.15) is 0 Å². The van der Waals surface area contributed by atoms with Crippen molar-refractivity contribution in [2.24, 2.45) is 0 Å². The first-order valence-electron chi connectivity index (χ1n) is 4.55. The fourth-order valence-corrected chi connectivity index (χ4v) is 1.61. The highest BCUT2D eigenvalue weighted by Crippen LogP contribution is 2.25. The lowest BCUT2D eigenvalue weighted by molar-refractivity contribution is -0.118. The molecule has 3 nitrogen and oxygen atoms in total. The third kappa shape index (κ3) is 1.63. The fourth-order valence-electron chi connectivity index (χ4n) is 1.61.